The summed E-state index contributed by atoms with van der Waals surface area (Å²) in [5.41, 5.74) is 0.135. The van der Waals surface area contributed by atoms with E-state index in [1.807, 2.05) is 0 Å². The molecule has 1 amide bonds. The number of alkyl halides is 2. The summed E-state index contributed by atoms with van der Waals surface area (Å²) in [6.45, 7) is -1.20. The van der Waals surface area contributed by atoms with Crippen LogP contribution in [0.2, 0.25) is 0 Å². The quantitative estimate of drug-likeness (QED) is 0.420. The molecule has 0 bridgehead atoms. The number of carbonyl (C=O) groups is 2. The third kappa shape index (κ3) is 6.30. The maximum absolute atomic E-state index is 15.2. The molecule has 0 aliphatic carbocycles. The van der Waals surface area contributed by atoms with Crippen molar-refractivity contribution in [1.82, 2.24) is 9.55 Å². The first-order chi connectivity index (χ1) is 18.3. The molecule has 1 aromatic heterocycles. The Hall–Kier alpha value is -4.36. The van der Waals surface area contributed by atoms with E-state index in [0.717, 1.165) is 17.8 Å². The lowest BCUT2D eigenvalue weighted by atomic mass is 10.1. The van der Waals surface area contributed by atoms with Gasteiger partial charge in [-0.05, 0) is 17.2 Å². The van der Waals surface area contributed by atoms with Crippen LogP contribution in [0.3, 0.4) is 0 Å². The van der Waals surface area contributed by atoms with Crippen LogP contribution in [0, 0.1) is 0 Å². The molecule has 0 unspecified atom stereocenters. The van der Waals surface area contributed by atoms with Crippen LogP contribution in [0.5, 0.6) is 0 Å². The van der Waals surface area contributed by atoms with E-state index < -0.39 is 48.9 Å². The topological polar surface area (TPSA) is 138 Å². The van der Waals surface area contributed by atoms with Crippen LogP contribution >= 0.6 is 0 Å². The van der Waals surface area contributed by atoms with Gasteiger partial charge in [0.05, 0.1) is 6.61 Å². The fourth-order valence-corrected chi connectivity index (χ4v) is 3.64. The minimum atomic E-state index is -3.95. The zero-order chi connectivity index (χ0) is 27.1. The largest absolute Gasteiger partial charge is 0.509 e. The molecule has 3 atom stereocenters. The fourth-order valence-electron chi connectivity index (χ4n) is 3.64. The van der Waals surface area contributed by atoms with E-state index in [1.165, 1.54) is 0 Å². The molecule has 1 saturated heterocycles. The number of aliphatic hydroxyl groups excluding tert-OH is 1. The zero-order valence-corrected chi connectivity index (χ0v) is 19.7. The number of benzene rings is 2. The van der Waals surface area contributed by atoms with Crippen molar-refractivity contribution in [3.05, 3.63) is 94.5 Å². The van der Waals surface area contributed by atoms with Crippen LogP contribution in [-0.2, 0) is 32.2 Å². The average Bonchev–Trinajstić information content (AvgIpc) is 3.16. The highest BCUT2D eigenvalue weighted by molar-refractivity contribution is 5.83. The normalized spacial score (nSPS) is 19.9. The Morgan fingerprint density at radius 3 is 2.18 bits per heavy atom. The molecule has 0 radical (unpaired) electrons. The van der Waals surface area contributed by atoms with Gasteiger partial charge in [0.25, 0.3) is 0 Å². The lowest BCUT2D eigenvalue weighted by molar-refractivity contribution is -0.146. The molecule has 1 aliphatic heterocycles. The van der Waals surface area contributed by atoms with Gasteiger partial charge in [-0.2, -0.15) is 13.8 Å². The summed E-state index contributed by atoms with van der Waals surface area (Å²) in [5, 5.41) is 11.8. The van der Waals surface area contributed by atoms with Crippen LogP contribution in [0.1, 0.15) is 17.4 Å². The summed E-state index contributed by atoms with van der Waals surface area (Å²) in [7, 11) is 0. The predicted molar refractivity (Wildman–Crippen MR) is 126 cm³/mol. The maximum atomic E-state index is 15.2. The SMILES string of the molecule is O=C(Nc1ccn([C@@H]2O[C@H](CO)[C@@H](OC(=O)OCc3ccccc3)C2(F)F)c(=O)n1)OCc1ccccc1. The van der Waals surface area contributed by atoms with Crippen molar-refractivity contribution in [2.45, 2.75) is 37.6 Å². The lowest BCUT2D eigenvalue weighted by Crippen LogP contribution is -2.44. The molecule has 0 spiro atoms. The van der Waals surface area contributed by atoms with Gasteiger partial charge in [-0.25, -0.2) is 14.4 Å². The van der Waals surface area contributed by atoms with E-state index in [1.54, 1.807) is 60.7 Å². The molecular formula is C25H23F2N3O8. The molecule has 1 aliphatic rings. The van der Waals surface area contributed by atoms with Gasteiger partial charge in [-0.1, -0.05) is 60.7 Å². The standard InChI is InChI=1S/C25H23F2N3O8/c26-25(27)20(38-24(34)36-15-17-9-5-2-6-10-17)18(13-31)37-21(25)30-12-11-19(28-22(30)32)29-23(33)35-14-16-7-3-1-4-8-16/h1-12,18,20-21,31H,13-15H2,(H,28,29,32,33)/t18-,20-,21-/m1/s1. The first-order valence-corrected chi connectivity index (χ1v) is 11.4. The summed E-state index contributed by atoms with van der Waals surface area (Å²) in [6.07, 6.45) is -7.56. The number of anilines is 1. The first-order valence-electron chi connectivity index (χ1n) is 11.4. The molecule has 3 aromatic rings. The molecule has 2 aromatic carbocycles. The number of nitrogens with zero attached hydrogens (tertiary/aromatic N) is 2. The number of rotatable bonds is 8. The summed E-state index contributed by atoms with van der Waals surface area (Å²) in [4.78, 5) is 40.1. The van der Waals surface area contributed by atoms with Gasteiger partial charge in [-0.3, -0.25) is 9.88 Å². The fraction of sp³-hybridized carbons (Fsp3) is 0.280. The van der Waals surface area contributed by atoms with Crippen LogP contribution in [0.15, 0.2) is 77.7 Å². The van der Waals surface area contributed by atoms with Crippen molar-refractivity contribution >= 4 is 18.1 Å². The van der Waals surface area contributed by atoms with E-state index in [-0.39, 0.29) is 19.0 Å². The van der Waals surface area contributed by atoms with Crippen molar-refractivity contribution in [1.29, 1.82) is 0 Å². The maximum Gasteiger partial charge on any atom is 0.509 e. The minimum absolute atomic E-state index is 0.0381. The lowest BCUT2D eigenvalue weighted by Gasteiger charge is -2.23. The number of amides is 1. The second-order valence-corrected chi connectivity index (χ2v) is 8.14. The van der Waals surface area contributed by atoms with Crippen molar-refractivity contribution in [2.24, 2.45) is 0 Å². The van der Waals surface area contributed by atoms with Gasteiger partial charge in [0.1, 0.15) is 25.1 Å². The van der Waals surface area contributed by atoms with Crippen molar-refractivity contribution in [2.75, 3.05) is 11.9 Å². The van der Waals surface area contributed by atoms with Crippen LogP contribution in [0.4, 0.5) is 24.2 Å². The number of nitrogens with one attached hydrogen (secondary N) is 1. The third-order valence-electron chi connectivity index (χ3n) is 5.48. The molecule has 200 valence electrons. The highest BCUT2D eigenvalue weighted by atomic mass is 19.3. The van der Waals surface area contributed by atoms with E-state index in [2.05, 4.69) is 10.3 Å². The summed E-state index contributed by atoms with van der Waals surface area (Å²) in [6, 6.07) is 18.4. The molecule has 2 heterocycles. The number of aliphatic hydroxyl groups is 1. The minimum Gasteiger partial charge on any atom is -0.444 e. The van der Waals surface area contributed by atoms with E-state index >= 15 is 8.78 Å². The smallest absolute Gasteiger partial charge is 0.444 e. The summed E-state index contributed by atoms with van der Waals surface area (Å²) in [5.74, 6) is -4.20. The van der Waals surface area contributed by atoms with Crippen molar-refractivity contribution in [3.63, 3.8) is 0 Å². The number of hydrogen-bond donors (Lipinski definition) is 2. The van der Waals surface area contributed by atoms with Crippen LogP contribution < -0.4 is 11.0 Å². The monoisotopic (exact) mass is 531 g/mol. The molecule has 4 rings (SSSR count). The molecule has 13 heteroatoms. The van der Waals surface area contributed by atoms with Gasteiger partial charge in [0.2, 0.25) is 12.3 Å². The number of ether oxygens (including phenoxy) is 4. The number of hydrogen-bond acceptors (Lipinski definition) is 9. The molecule has 1 fully saturated rings. The summed E-state index contributed by atoms with van der Waals surface area (Å²) < 4.78 is 50.8. The first kappa shape index (κ1) is 26.7. The Morgan fingerprint density at radius 2 is 1.61 bits per heavy atom. The molecule has 11 nitrogen and oxygen atoms in total. The van der Waals surface area contributed by atoms with E-state index in [0.29, 0.717) is 10.1 Å². The third-order valence-corrected chi connectivity index (χ3v) is 5.48. The second kappa shape index (κ2) is 11.8. The number of carbonyl (C=O) groups excluding carboxylic acids is 2. The predicted octanol–water partition coefficient (Wildman–Crippen LogP) is 3.24. The van der Waals surface area contributed by atoms with Gasteiger partial charge in [0.15, 0.2) is 0 Å². The molecule has 0 saturated carbocycles. The van der Waals surface area contributed by atoms with Gasteiger partial charge in [0, 0.05) is 6.20 Å². The average molecular weight is 531 g/mol. The van der Waals surface area contributed by atoms with E-state index in [9.17, 15) is 19.5 Å². The highest BCUT2D eigenvalue weighted by Gasteiger charge is 2.62. The van der Waals surface area contributed by atoms with Gasteiger partial charge < -0.3 is 24.1 Å². The highest BCUT2D eigenvalue weighted by Crippen LogP contribution is 2.44. The Morgan fingerprint density at radius 1 is 1.00 bits per heavy atom. The van der Waals surface area contributed by atoms with Gasteiger partial charge in [-0.15, -0.1) is 0 Å². The van der Waals surface area contributed by atoms with Gasteiger partial charge >= 0.3 is 23.9 Å². The summed E-state index contributed by atoms with van der Waals surface area (Å²) >= 11 is 0. The van der Waals surface area contributed by atoms with Crippen molar-refractivity contribution in [3.8, 4) is 0 Å². The Labute approximate surface area is 214 Å². The molecule has 2 N–H and O–H groups in total. The van der Waals surface area contributed by atoms with Crippen molar-refractivity contribution < 1.29 is 42.4 Å². The number of aromatic nitrogens is 2. The van der Waals surface area contributed by atoms with Crippen LogP contribution in [0.25, 0.3) is 0 Å². The van der Waals surface area contributed by atoms with E-state index in [4.69, 9.17) is 18.9 Å². The van der Waals surface area contributed by atoms with Crippen LogP contribution in [-0.4, -0.2) is 51.6 Å². The Bertz CT molecular complexity index is 1310. The number of halogens is 2. The second-order valence-electron chi connectivity index (χ2n) is 8.14. The molecular weight excluding hydrogens is 508 g/mol. The Kier molecular flexibility index (Phi) is 8.28. The Balaban J connectivity index is 1.40. The zero-order valence-electron chi connectivity index (χ0n) is 19.7. The molecule has 38 heavy (non-hydrogen) atoms.